The molecule has 0 saturated heterocycles. The van der Waals surface area contributed by atoms with Gasteiger partial charge in [0.15, 0.2) is 15.4 Å². The molecule has 138 valence electrons. The van der Waals surface area contributed by atoms with Gasteiger partial charge in [-0.25, -0.2) is 4.98 Å². The fourth-order valence-electron chi connectivity index (χ4n) is 1.40. The molecule has 6 nitrogen and oxygen atoms in total. The quantitative estimate of drug-likeness (QED) is 0.584. The Morgan fingerprint density at radius 2 is 1.67 bits per heavy atom. The molecule has 14 heteroatoms. The lowest BCUT2D eigenvalue weighted by molar-refractivity contribution is -0.167. The Bertz CT molecular complexity index is 634. The van der Waals surface area contributed by atoms with E-state index in [2.05, 4.69) is 4.98 Å². The van der Waals surface area contributed by atoms with Crippen LogP contribution in [0, 0.1) is 0 Å². The molecule has 1 heterocycles. The summed E-state index contributed by atoms with van der Waals surface area (Å²) in [5.41, 5.74) is -1.74. The second-order valence-electron chi connectivity index (χ2n) is 3.96. The molecule has 0 aliphatic carbocycles. The van der Waals surface area contributed by atoms with E-state index in [1.807, 2.05) is 0 Å². The predicted molar refractivity (Wildman–Crippen MR) is 72.3 cm³/mol. The highest BCUT2D eigenvalue weighted by Crippen LogP contribution is 2.52. The smallest absolute Gasteiger partial charge is 0.305 e. The Morgan fingerprint density at radius 1 is 1.17 bits per heavy atom. The lowest BCUT2D eigenvalue weighted by atomic mass is 10.5. The van der Waals surface area contributed by atoms with E-state index in [1.165, 1.54) is 19.2 Å². The van der Waals surface area contributed by atoms with Crippen LogP contribution in [-0.2, 0) is 24.6 Å². The van der Waals surface area contributed by atoms with Crippen LogP contribution in [0.2, 0.25) is 0 Å². The van der Waals surface area contributed by atoms with Crippen LogP contribution in [0.3, 0.4) is 0 Å². The van der Waals surface area contributed by atoms with Gasteiger partial charge in [-0.2, -0.15) is 26.3 Å². The topological polar surface area (TPSA) is 77.5 Å². The van der Waals surface area contributed by atoms with Crippen LogP contribution in [0.1, 0.15) is 19.5 Å². The molecule has 0 aliphatic heterocycles. The summed E-state index contributed by atoms with van der Waals surface area (Å²) in [6, 6.07) is 0. The van der Waals surface area contributed by atoms with Gasteiger partial charge in [0, 0.05) is 0 Å². The first kappa shape index (κ1) is 20.9. The highest BCUT2D eigenvalue weighted by Gasteiger charge is 2.46. The van der Waals surface area contributed by atoms with Gasteiger partial charge in [0.1, 0.15) is 0 Å². The third kappa shape index (κ3) is 4.91. The maximum absolute atomic E-state index is 13.0. The van der Waals surface area contributed by atoms with E-state index < -0.39 is 41.3 Å². The van der Waals surface area contributed by atoms with Crippen LogP contribution in [0.4, 0.5) is 31.5 Å². The van der Waals surface area contributed by atoms with Gasteiger partial charge >= 0.3 is 25.9 Å². The van der Waals surface area contributed by atoms with E-state index in [1.54, 1.807) is 0 Å². The van der Waals surface area contributed by atoms with Crippen molar-refractivity contribution in [2.24, 2.45) is 0 Å². The van der Waals surface area contributed by atoms with Gasteiger partial charge in [0.2, 0.25) is 0 Å². The van der Waals surface area contributed by atoms with Crippen molar-refractivity contribution < 1.29 is 44.7 Å². The molecule has 0 spiro atoms. The number of nitrogens with one attached hydrogen (secondary N) is 1. The molecule has 0 aliphatic rings. The number of amides is 1. The number of hydrogen-bond donors (Lipinski definition) is 1. The van der Waals surface area contributed by atoms with Gasteiger partial charge < -0.3 is 9.05 Å². The number of anilines is 1. The van der Waals surface area contributed by atoms with Crippen LogP contribution in [0.15, 0.2) is 0 Å². The van der Waals surface area contributed by atoms with Crippen molar-refractivity contribution >= 4 is 34.6 Å². The molecule has 0 saturated carbocycles. The molecule has 24 heavy (non-hydrogen) atoms. The Hall–Kier alpha value is -1.17. The summed E-state index contributed by atoms with van der Waals surface area (Å²) < 4.78 is 96.6. The number of rotatable bonds is 6. The van der Waals surface area contributed by atoms with Gasteiger partial charge in [-0.15, -0.1) is 0 Å². The number of hydrogen-bond acceptors (Lipinski definition) is 6. The summed E-state index contributed by atoms with van der Waals surface area (Å²) in [5, 5.41) is 0.154. The van der Waals surface area contributed by atoms with E-state index in [4.69, 9.17) is 9.05 Å². The molecular weight excluding hydrogens is 389 g/mol. The summed E-state index contributed by atoms with van der Waals surface area (Å²) in [6.07, 6.45) is -10.5. The zero-order valence-electron chi connectivity index (χ0n) is 12.1. The molecule has 1 amide bonds. The summed E-state index contributed by atoms with van der Waals surface area (Å²) in [6.45, 7) is 2.12. The molecule has 1 aromatic heterocycles. The fourth-order valence-corrected chi connectivity index (χ4v) is 4.57. The van der Waals surface area contributed by atoms with Crippen molar-refractivity contribution in [2.45, 2.75) is 26.2 Å². The number of carbonyl (C=O) groups is 1. The minimum atomic E-state index is -5.33. The molecular formula is C10H11F6N2O4PS. The van der Waals surface area contributed by atoms with Crippen molar-refractivity contribution in [1.82, 2.24) is 4.98 Å². The van der Waals surface area contributed by atoms with Gasteiger partial charge in [-0.3, -0.25) is 14.7 Å². The standard InChI is InChI=1S/C10H11F6N2O4PS/c1-3-21-23(20,22-4-2)6-5(9(11,12)13)17-8(24-6)18-7(19)10(14,15)16/h3-4H2,1-2H3,(H,17,18,19). The van der Waals surface area contributed by atoms with E-state index in [0.717, 1.165) is 0 Å². The minimum absolute atomic E-state index is 0.0585. The van der Waals surface area contributed by atoms with Gasteiger partial charge in [0.05, 0.1) is 13.2 Å². The Morgan fingerprint density at radius 3 is 2.04 bits per heavy atom. The fraction of sp³-hybridized carbons (Fsp3) is 0.600. The second-order valence-corrected chi connectivity index (χ2v) is 7.22. The number of carbonyl (C=O) groups excluding carboxylic acids is 1. The van der Waals surface area contributed by atoms with Crippen molar-refractivity contribution in [2.75, 3.05) is 18.5 Å². The summed E-state index contributed by atoms with van der Waals surface area (Å²) >= 11 is -0.0585. The average molecular weight is 400 g/mol. The molecule has 0 aromatic carbocycles. The summed E-state index contributed by atoms with van der Waals surface area (Å²) in [7, 11) is -4.47. The molecule has 0 radical (unpaired) electrons. The number of halogens is 6. The van der Waals surface area contributed by atoms with E-state index in [9.17, 15) is 35.7 Å². The van der Waals surface area contributed by atoms with E-state index in [-0.39, 0.29) is 24.6 Å². The lowest BCUT2D eigenvalue weighted by Crippen LogP contribution is -2.29. The zero-order chi connectivity index (χ0) is 18.8. The molecule has 1 N–H and O–H groups in total. The van der Waals surface area contributed by atoms with Gasteiger partial charge in [-0.05, 0) is 13.8 Å². The number of thiazole rings is 1. The van der Waals surface area contributed by atoms with Crippen LogP contribution >= 0.6 is 18.9 Å². The van der Waals surface area contributed by atoms with Crippen LogP contribution in [0.5, 0.6) is 0 Å². The van der Waals surface area contributed by atoms with Crippen molar-refractivity contribution in [3.8, 4) is 0 Å². The first-order valence-corrected chi connectivity index (χ1v) is 8.57. The highest BCUT2D eigenvalue weighted by molar-refractivity contribution is 7.69. The molecule has 0 unspecified atom stereocenters. The lowest BCUT2D eigenvalue weighted by Gasteiger charge is -2.16. The Labute approximate surface area is 135 Å². The first-order valence-electron chi connectivity index (χ1n) is 6.21. The van der Waals surface area contributed by atoms with Gasteiger partial charge in [-0.1, -0.05) is 11.3 Å². The SMILES string of the molecule is CCOP(=O)(OCC)c1sc(NC(=O)C(F)(F)F)nc1C(F)(F)F. The average Bonchev–Trinajstić information content (AvgIpc) is 2.82. The normalized spacial score (nSPS) is 13.2. The number of alkyl halides is 6. The summed E-state index contributed by atoms with van der Waals surface area (Å²) in [4.78, 5) is 13.7. The van der Waals surface area contributed by atoms with Crippen molar-refractivity contribution in [3.05, 3.63) is 5.69 Å². The Balaban J connectivity index is 3.38. The number of nitrogens with zero attached hydrogens (tertiary/aromatic N) is 1. The third-order valence-corrected chi connectivity index (χ3v) is 5.83. The monoisotopic (exact) mass is 400 g/mol. The maximum Gasteiger partial charge on any atom is 0.471 e. The van der Waals surface area contributed by atoms with Crippen molar-refractivity contribution in [3.63, 3.8) is 0 Å². The Kier molecular flexibility index (Phi) is 6.42. The van der Waals surface area contributed by atoms with Crippen LogP contribution in [-0.4, -0.2) is 30.3 Å². The third-order valence-electron chi connectivity index (χ3n) is 2.20. The van der Waals surface area contributed by atoms with E-state index >= 15 is 0 Å². The summed E-state index contributed by atoms with van der Waals surface area (Å²) in [5.74, 6) is -2.51. The minimum Gasteiger partial charge on any atom is -0.305 e. The molecule has 0 atom stereocenters. The van der Waals surface area contributed by atoms with Crippen LogP contribution in [0.25, 0.3) is 0 Å². The molecule has 0 fully saturated rings. The number of aromatic nitrogens is 1. The van der Waals surface area contributed by atoms with Crippen molar-refractivity contribution in [1.29, 1.82) is 0 Å². The zero-order valence-corrected chi connectivity index (χ0v) is 13.8. The maximum atomic E-state index is 13.0. The molecule has 1 rings (SSSR count). The molecule has 1 aromatic rings. The largest absolute Gasteiger partial charge is 0.471 e. The van der Waals surface area contributed by atoms with Crippen LogP contribution < -0.4 is 9.94 Å². The van der Waals surface area contributed by atoms with E-state index in [0.29, 0.717) is 0 Å². The second kappa shape index (κ2) is 7.38. The first-order chi connectivity index (χ1) is 10.8. The predicted octanol–water partition coefficient (Wildman–Crippen LogP) is 3.55. The van der Waals surface area contributed by atoms with Gasteiger partial charge in [0.25, 0.3) is 0 Å². The molecule has 0 bridgehead atoms. The highest BCUT2D eigenvalue weighted by atomic mass is 32.1.